The second-order valence-electron chi connectivity index (χ2n) is 5.96. The third-order valence-corrected chi connectivity index (χ3v) is 5.15. The molecule has 3 rings (SSSR count). The number of aromatic amines is 1. The lowest BCUT2D eigenvalue weighted by Crippen LogP contribution is -2.49. The highest BCUT2D eigenvalue weighted by Crippen LogP contribution is 2.31. The topological polar surface area (TPSA) is 31.1 Å². The fourth-order valence-corrected chi connectivity index (χ4v) is 3.68. The van der Waals surface area contributed by atoms with Crippen LogP contribution in [0.5, 0.6) is 0 Å². The molecule has 1 aromatic carbocycles. The molecule has 4 heteroatoms. The summed E-state index contributed by atoms with van der Waals surface area (Å²) in [5.41, 5.74) is 5.36. The van der Waals surface area contributed by atoms with E-state index in [2.05, 4.69) is 64.2 Å². The van der Waals surface area contributed by atoms with Crippen molar-refractivity contribution in [2.24, 2.45) is 0 Å². The number of likely N-dealkylation sites (N-methyl/N-ethyl adjacent to an activating group) is 1. The van der Waals surface area contributed by atoms with Crippen LogP contribution in [-0.2, 0) is 6.42 Å². The van der Waals surface area contributed by atoms with Gasteiger partial charge in [-0.3, -0.25) is 0 Å². The maximum atomic E-state index is 3.71. The largest absolute Gasteiger partial charge is 0.349 e. The highest BCUT2D eigenvalue weighted by Gasteiger charge is 2.20. The van der Waals surface area contributed by atoms with E-state index < -0.39 is 0 Å². The van der Waals surface area contributed by atoms with E-state index in [1.807, 2.05) is 0 Å². The molecule has 0 radical (unpaired) electrons. The van der Waals surface area contributed by atoms with E-state index in [1.165, 1.54) is 27.6 Å². The minimum Gasteiger partial charge on any atom is -0.349 e. The lowest BCUT2D eigenvalue weighted by Gasteiger charge is -2.31. The van der Waals surface area contributed by atoms with Crippen molar-refractivity contribution in [2.45, 2.75) is 26.3 Å². The van der Waals surface area contributed by atoms with E-state index in [0.717, 1.165) is 30.7 Å². The summed E-state index contributed by atoms with van der Waals surface area (Å²) in [6.45, 7) is 7.70. The maximum absolute atomic E-state index is 3.71. The first-order valence-corrected chi connectivity index (χ1v) is 8.03. The number of H-pyrrole nitrogens is 1. The number of hydrogen-bond donors (Lipinski definition) is 2. The number of fused-ring (bicyclic) bond motifs is 1. The zero-order valence-electron chi connectivity index (χ0n) is 12.4. The summed E-state index contributed by atoms with van der Waals surface area (Å²) in [6.07, 6.45) is 1.06. The third-order valence-electron chi connectivity index (χ3n) is 4.47. The number of halogens is 1. The molecule has 0 amide bonds. The Hall–Kier alpha value is -0.840. The van der Waals surface area contributed by atoms with Crippen molar-refractivity contribution in [3.05, 3.63) is 33.4 Å². The molecule has 3 nitrogen and oxygen atoms in total. The van der Waals surface area contributed by atoms with Crippen LogP contribution in [0, 0.1) is 13.8 Å². The summed E-state index contributed by atoms with van der Waals surface area (Å²) >= 11 is 3.71. The van der Waals surface area contributed by atoms with E-state index in [1.54, 1.807) is 0 Å². The Bertz CT molecular complexity index is 632. The minimum atomic E-state index is 0.533. The molecule has 0 spiro atoms. The fraction of sp³-hybridized carbons (Fsp3) is 0.500. The number of benzene rings is 1. The van der Waals surface area contributed by atoms with Crippen molar-refractivity contribution >= 4 is 26.8 Å². The van der Waals surface area contributed by atoms with Crippen LogP contribution in [0.3, 0.4) is 0 Å². The van der Waals surface area contributed by atoms with Gasteiger partial charge >= 0.3 is 0 Å². The molecule has 1 fully saturated rings. The molecule has 1 unspecified atom stereocenters. The van der Waals surface area contributed by atoms with E-state index in [4.69, 9.17) is 0 Å². The van der Waals surface area contributed by atoms with Crippen LogP contribution in [0.25, 0.3) is 10.9 Å². The van der Waals surface area contributed by atoms with Crippen LogP contribution < -0.4 is 5.32 Å². The number of nitrogens with zero attached hydrogens (tertiary/aromatic N) is 1. The van der Waals surface area contributed by atoms with Gasteiger partial charge in [0, 0.05) is 36.6 Å². The van der Waals surface area contributed by atoms with Crippen molar-refractivity contribution in [2.75, 3.05) is 26.7 Å². The lowest BCUT2D eigenvalue weighted by molar-refractivity contribution is 0.238. The van der Waals surface area contributed by atoms with Gasteiger partial charge in [-0.2, -0.15) is 0 Å². The predicted molar refractivity (Wildman–Crippen MR) is 88.5 cm³/mol. The van der Waals surface area contributed by atoms with E-state index in [0.29, 0.717) is 6.04 Å². The van der Waals surface area contributed by atoms with Crippen LogP contribution in [0.4, 0.5) is 0 Å². The average molecular weight is 336 g/mol. The van der Waals surface area contributed by atoms with Crippen molar-refractivity contribution in [3.63, 3.8) is 0 Å². The number of nitrogens with one attached hydrogen (secondary N) is 2. The molecular weight excluding hydrogens is 314 g/mol. The molecule has 2 aromatic rings. The van der Waals surface area contributed by atoms with Crippen molar-refractivity contribution in [3.8, 4) is 0 Å². The molecular formula is C16H22BrN3. The van der Waals surface area contributed by atoms with Crippen molar-refractivity contribution in [1.29, 1.82) is 0 Å². The summed E-state index contributed by atoms with van der Waals surface area (Å²) in [6, 6.07) is 5.01. The van der Waals surface area contributed by atoms with Gasteiger partial charge in [-0.05, 0) is 59.9 Å². The standard InChI is InChI=1S/C16H22BrN3/c1-10-4-5-13-14(16(17)19-15(13)11(10)2)8-12-9-20(3)7-6-18-12/h4-5,12,18-19H,6-9H2,1-3H3. The molecule has 1 aliphatic rings. The van der Waals surface area contributed by atoms with E-state index in [9.17, 15) is 0 Å². The highest BCUT2D eigenvalue weighted by molar-refractivity contribution is 9.10. The van der Waals surface area contributed by atoms with Gasteiger partial charge in [-0.25, -0.2) is 0 Å². The molecule has 0 saturated carbocycles. The lowest BCUT2D eigenvalue weighted by atomic mass is 10.0. The zero-order valence-corrected chi connectivity index (χ0v) is 14.0. The van der Waals surface area contributed by atoms with Gasteiger partial charge in [0.25, 0.3) is 0 Å². The van der Waals surface area contributed by atoms with Crippen molar-refractivity contribution < 1.29 is 0 Å². The monoisotopic (exact) mass is 335 g/mol. The van der Waals surface area contributed by atoms with Gasteiger partial charge in [-0.15, -0.1) is 0 Å². The summed E-state index contributed by atoms with van der Waals surface area (Å²) in [4.78, 5) is 5.91. The summed E-state index contributed by atoms with van der Waals surface area (Å²) in [7, 11) is 2.20. The van der Waals surface area contributed by atoms with Gasteiger partial charge in [0.2, 0.25) is 0 Å². The van der Waals surface area contributed by atoms with Crippen LogP contribution in [0.15, 0.2) is 16.7 Å². The quantitative estimate of drug-likeness (QED) is 0.883. The highest BCUT2D eigenvalue weighted by atomic mass is 79.9. The number of piperazine rings is 1. The van der Waals surface area contributed by atoms with Gasteiger partial charge in [0.15, 0.2) is 0 Å². The number of aromatic nitrogens is 1. The first kappa shape index (κ1) is 14.1. The SMILES string of the molecule is Cc1ccc2c(CC3CN(C)CCN3)c(Br)[nH]c2c1C. The predicted octanol–water partition coefficient (Wildman–Crippen LogP) is 2.99. The van der Waals surface area contributed by atoms with E-state index in [-0.39, 0.29) is 0 Å². The normalized spacial score (nSPS) is 20.7. The second-order valence-corrected chi connectivity index (χ2v) is 6.76. The second kappa shape index (κ2) is 5.51. The molecule has 0 aliphatic carbocycles. The Kier molecular flexibility index (Phi) is 3.89. The molecule has 1 aliphatic heterocycles. The molecule has 20 heavy (non-hydrogen) atoms. The van der Waals surface area contributed by atoms with Gasteiger partial charge in [0.05, 0.1) is 4.60 Å². The van der Waals surface area contributed by atoms with Crippen LogP contribution in [0.1, 0.15) is 16.7 Å². The number of rotatable bonds is 2. The molecule has 0 bridgehead atoms. The summed E-state index contributed by atoms with van der Waals surface area (Å²) < 4.78 is 1.14. The summed E-state index contributed by atoms with van der Waals surface area (Å²) in [5.74, 6) is 0. The van der Waals surface area contributed by atoms with Crippen molar-refractivity contribution in [1.82, 2.24) is 15.2 Å². The maximum Gasteiger partial charge on any atom is 0.0864 e. The molecule has 1 saturated heterocycles. The Labute approximate surface area is 128 Å². The van der Waals surface area contributed by atoms with E-state index >= 15 is 0 Å². The first-order chi connectivity index (χ1) is 9.56. The van der Waals surface area contributed by atoms with Gasteiger partial charge in [0.1, 0.15) is 0 Å². The summed E-state index contributed by atoms with van der Waals surface area (Å²) in [5, 5.41) is 4.99. The smallest absolute Gasteiger partial charge is 0.0864 e. The van der Waals surface area contributed by atoms with Gasteiger partial charge in [-0.1, -0.05) is 12.1 Å². The Morgan fingerprint density at radius 2 is 2.15 bits per heavy atom. The molecule has 1 aromatic heterocycles. The number of hydrogen-bond acceptors (Lipinski definition) is 2. The molecule has 2 N–H and O–H groups in total. The Balaban J connectivity index is 1.95. The minimum absolute atomic E-state index is 0.533. The van der Waals surface area contributed by atoms with Crippen LogP contribution in [0.2, 0.25) is 0 Å². The molecule has 2 heterocycles. The fourth-order valence-electron chi connectivity index (χ4n) is 3.11. The van der Waals surface area contributed by atoms with Gasteiger partial charge < -0.3 is 15.2 Å². The third kappa shape index (κ3) is 2.52. The average Bonchev–Trinajstić information content (AvgIpc) is 2.72. The number of aryl methyl sites for hydroxylation is 2. The Morgan fingerprint density at radius 3 is 2.90 bits per heavy atom. The van der Waals surface area contributed by atoms with Crippen LogP contribution in [-0.4, -0.2) is 42.6 Å². The van der Waals surface area contributed by atoms with Crippen LogP contribution >= 0.6 is 15.9 Å². The first-order valence-electron chi connectivity index (χ1n) is 7.24. The molecule has 1 atom stereocenters. The zero-order chi connectivity index (χ0) is 14.3. The Morgan fingerprint density at radius 1 is 1.35 bits per heavy atom. The molecule has 108 valence electrons.